The topological polar surface area (TPSA) is 53.9 Å². The average molecular weight is 358 g/mol. The molecule has 1 aliphatic heterocycles. The second-order valence-corrected chi connectivity index (χ2v) is 6.67. The molecule has 4 rings (SSSR count). The second kappa shape index (κ2) is 6.84. The van der Waals surface area contributed by atoms with Crippen molar-refractivity contribution in [1.82, 2.24) is 19.7 Å². The van der Waals surface area contributed by atoms with E-state index in [0.29, 0.717) is 5.82 Å². The van der Waals surface area contributed by atoms with Crippen LogP contribution in [0.1, 0.15) is 0 Å². The van der Waals surface area contributed by atoms with Crippen LogP contribution in [0, 0.1) is 0 Å². The fraction of sp³-hybridized carbons (Fsp3) is 0.235. The number of benzene rings is 1. The van der Waals surface area contributed by atoms with E-state index in [2.05, 4.69) is 14.6 Å². The Labute approximate surface area is 149 Å². The van der Waals surface area contributed by atoms with Crippen molar-refractivity contribution in [1.29, 1.82) is 0 Å². The molecular formula is C17H16ClN5S. The highest BCUT2D eigenvalue weighted by Gasteiger charge is 2.16. The lowest BCUT2D eigenvalue weighted by Crippen LogP contribution is -2.44. The Bertz CT molecular complexity index is 814. The fourth-order valence-electron chi connectivity index (χ4n) is 2.70. The van der Waals surface area contributed by atoms with E-state index in [1.165, 1.54) is 11.5 Å². The highest BCUT2D eigenvalue weighted by atomic mass is 35.5. The third-order valence-electron chi connectivity index (χ3n) is 3.96. The van der Waals surface area contributed by atoms with Crippen molar-refractivity contribution in [2.24, 2.45) is 0 Å². The van der Waals surface area contributed by atoms with Crippen LogP contribution in [0.15, 0.2) is 41.8 Å². The third kappa shape index (κ3) is 3.26. The predicted octanol–water partition coefficient (Wildman–Crippen LogP) is 3.33. The monoisotopic (exact) mass is 357 g/mol. The average Bonchev–Trinajstić information content (AvgIpc) is 3.17. The van der Waals surface area contributed by atoms with Crippen molar-refractivity contribution in [3.63, 3.8) is 0 Å². The van der Waals surface area contributed by atoms with E-state index >= 15 is 0 Å². The lowest BCUT2D eigenvalue weighted by atomic mass is 10.1. The van der Waals surface area contributed by atoms with Crippen LogP contribution in [0.3, 0.4) is 0 Å². The molecule has 3 aromatic rings. The Morgan fingerprint density at radius 2 is 1.79 bits per heavy atom. The summed E-state index contributed by atoms with van der Waals surface area (Å²) in [7, 11) is 0. The standard InChI is InChI=1S/C17H16ClN5S/c18-13-3-1-12(2-4-13)15-11-16(23-8-6-19-7-9-23)21-17(20-15)14-5-10-24-22-14/h1-5,10-11,19H,6-9H2. The van der Waals surface area contributed by atoms with Crippen LogP contribution in [0.25, 0.3) is 22.8 Å². The van der Waals surface area contributed by atoms with Crippen molar-refractivity contribution in [3.8, 4) is 22.8 Å². The van der Waals surface area contributed by atoms with Gasteiger partial charge < -0.3 is 10.2 Å². The van der Waals surface area contributed by atoms with Crippen LogP contribution < -0.4 is 10.2 Å². The molecule has 2 aromatic heterocycles. The van der Waals surface area contributed by atoms with Gasteiger partial charge in [0.25, 0.3) is 0 Å². The largest absolute Gasteiger partial charge is 0.354 e. The van der Waals surface area contributed by atoms with Gasteiger partial charge in [-0.05, 0) is 29.7 Å². The summed E-state index contributed by atoms with van der Waals surface area (Å²) >= 11 is 7.42. The summed E-state index contributed by atoms with van der Waals surface area (Å²) in [6.07, 6.45) is 0. The van der Waals surface area contributed by atoms with Gasteiger partial charge in [-0.3, -0.25) is 0 Å². The van der Waals surface area contributed by atoms with Crippen LogP contribution in [0.2, 0.25) is 5.02 Å². The molecule has 1 aliphatic rings. The first-order chi connectivity index (χ1) is 11.8. The quantitative estimate of drug-likeness (QED) is 0.779. The highest BCUT2D eigenvalue weighted by molar-refractivity contribution is 7.03. The van der Waals surface area contributed by atoms with Crippen LogP contribution in [-0.4, -0.2) is 40.5 Å². The summed E-state index contributed by atoms with van der Waals surface area (Å²) in [5, 5.41) is 6.03. The predicted molar refractivity (Wildman–Crippen MR) is 98.7 cm³/mol. The molecule has 0 unspecified atom stereocenters. The smallest absolute Gasteiger partial charge is 0.181 e. The van der Waals surface area contributed by atoms with E-state index in [4.69, 9.17) is 21.6 Å². The van der Waals surface area contributed by atoms with E-state index < -0.39 is 0 Å². The maximum atomic E-state index is 6.01. The van der Waals surface area contributed by atoms with Crippen molar-refractivity contribution < 1.29 is 0 Å². The Hall–Kier alpha value is -2.02. The molecular weight excluding hydrogens is 342 g/mol. The molecule has 122 valence electrons. The first-order valence-corrected chi connectivity index (χ1v) is 9.02. The zero-order chi connectivity index (χ0) is 16.4. The highest BCUT2D eigenvalue weighted by Crippen LogP contribution is 2.27. The van der Waals surface area contributed by atoms with Gasteiger partial charge in [-0.15, -0.1) is 0 Å². The van der Waals surface area contributed by atoms with E-state index in [9.17, 15) is 0 Å². The van der Waals surface area contributed by atoms with Crippen LogP contribution >= 0.6 is 23.1 Å². The molecule has 0 aliphatic carbocycles. The fourth-order valence-corrected chi connectivity index (χ4v) is 3.33. The number of hydrogen-bond donors (Lipinski definition) is 1. The normalized spacial score (nSPS) is 14.8. The number of piperazine rings is 1. The van der Waals surface area contributed by atoms with Crippen LogP contribution in [0.5, 0.6) is 0 Å². The minimum atomic E-state index is 0.664. The summed E-state index contributed by atoms with van der Waals surface area (Å²) in [5.41, 5.74) is 2.72. The summed E-state index contributed by atoms with van der Waals surface area (Å²) in [5.74, 6) is 1.61. The van der Waals surface area contributed by atoms with E-state index in [0.717, 1.165) is 54.0 Å². The molecule has 1 saturated heterocycles. The summed E-state index contributed by atoms with van der Waals surface area (Å²) in [6.45, 7) is 3.81. The van der Waals surface area contributed by atoms with Gasteiger partial charge in [0.2, 0.25) is 0 Å². The Balaban J connectivity index is 1.80. The zero-order valence-corrected chi connectivity index (χ0v) is 14.5. The van der Waals surface area contributed by atoms with Gasteiger partial charge in [0.05, 0.1) is 5.69 Å². The number of nitrogens with one attached hydrogen (secondary N) is 1. The molecule has 0 saturated carbocycles. The minimum absolute atomic E-state index is 0.664. The molecule has 3 heterocycles. The van der Waals surface area contributed by atoms with Gasteiger partial charge >= 0.3 is 0 Å². The lowest BCUT2D eigenvalue weighted by molar-refractivity contribution is 0.585. The zero-order valence-electron chi connectivity index (χ0n) is 12.9. The first-order valence-electron chi connectivity index (χ1n) is 7.81. The number of halogens is 1. The molecule has 0 spiro atoms. The van der Waals surface area contributed by atoms with Crippen LogP contribution in [-0.2, 0) is 0 Å². The number of aromatic nitrogens is 3. The van der Waals surface area contributed by atoms with Crippen molar-refractivity contribution in [3.05, 3.63) is 46.8 Å². The SMILES string of the molecule is Clc1ccc(-c2cc(N3CCNCC3)nc(-c3ccsn3)n2)cc1. The first kappa shape index (κ1) is 15.5. The maximum Gasteiger partial charge on any atom is 0.181 e. The Morgan fingerprint density at radius 1 is 1.00 bits per heavy atom. The number of nitrogens with zero attached hydrogens (tertiary/aromatic N) is 4. The Morgan fingerprint density at radius 3 is 2.50 bits per heavy atom. The minimum Gasteiger partial charge on any atom is -0.354 e. The molecule has 0 amide bonds. The molecule has 5 nitrogen and oxygen atoms in total. The third-order valence-corrected chi connectivity index (χ3v) is 4.77. The van der Waals surface area contributed by atoms with Gasteiger partial charge in [0, 0.05) is 48.2 Å². The van der Waals surface area contributed by atoms with Crippen molar-refractivity contribution in [2.75, 3.05) is 31.1 Å². The molecule has 0 radical (unpaired) electrons. The van der Waals surface area contributed by atoms with Gasteiger partial charge in [-0.2, -0.15) is 4.37 Å². The van der Waals surface area contributed by atoms with Gasteiger partial charge in [0.15, 0.2) is 5.82 Å². The molecule has 1 N–H and O–H groups in total. The number of hydrogen-bond acceptors (Lipinski definition) is 6. The Kier molecular flexibility index (Phi) is 4.42. The van der Waals surface area contributed by atoms with Gasteiger partial charge in [-0.1, -0.05) is 23.7 Å². The summed E-state index contributed by atoms with van der Waals surface area (Å²) in [6, 6.07) is 11.7. The van der Waals surface area contributed by atoms with Crippen molar-refractivity contribution in [2.45, 2.75) is 0 Å². The molecule has 0 bridgehead atoms. The molecule has 0 atom stereocenters. The van der Waals surface area contributed by atoms with Crippen molar-refractivity contribution >= 4 is 29.0 Å². The molecule has 24 heavy (non-hydrogen) atoms. The summed E-state index contributed by atoms with van der Waals surface area (Å²) in [4.78, 5) is 11.8. The van der Waals surface area contributed by atoms with E-state index in [-0.39, 0.29) is 0 Å². The lowest BCUT2D eigenvalue weighted by Gasteiger charge is -2.28. The molecule has 7 heteroatoms. The summed E-state index contributed by atoms with van der Waals surface area (Å²) < 4.78 is 4.39. The van der Waals surface area contributed by atoms with Crippen LogP contribution in [0.4, 0.5) is 5.82 Å². The molecule has 1 fully saturated rings. The van der Waals surface area contributed by atoms with E-state index in [1.807, 2.05) is 41.8 Å². The second-order valence-electron chi connectivity index (χ2n) is 5.56. The van der Waals surface area contributed by atoms with E-state index in [1.54, 1.807) is 0 Å². The van der Waals surface area contributed by atoms with Gasteiger partial charge in [0.1, 0.15) is 11.5 Å². The van der Waals surface area contributed by atoms with Gasteiger partial charge in [-0.25, -0.2) is 9.97 Å². The molecule has 1 aromatic carbocycles. The number of anilines is 1. The number of rotatable bonds is 3. The maximum absolute atomic E-state index is 6.01.